The van der Waals surface area contributed by atoms with Crippen molar-refractivity contribution in [3.05, 3.63) is 42.5 Å². The Hall–Kier alpha value is -1.77. The van der Waals surface area contributed by atoms with E-state index >= 15 is 0 Å². The number of carboxylic acids is 1. The van der Waals surface area contributed by atoms with Gasteiger partial charge in [-0.1, -0.05) is 51.0 Å². The van der Waals surface area contributed by atoms with Crippen LogP contribution in [0.25, 0.3) is 0 Å². The number of hydrogen-bond donors (Lipinski definition) is 2. The molecule has 0 atom stereocenters. The second kappa shape index (κ2) is 12.7. The molecule has 2 N–H and O–H groups in total. The van der Waals surface area contributed by atoms with E-state index in [-0.39, 0.29) is 0 Å². The van der Waals surface area contributed by atoms with Crippen LogP contribution in [0.15, 0.2) is 36.9 Å². The normalized spacial score (nSPS) is 10.4. The highest BCUT2D eigenvalue weighted by molar-refractivity contribution is 5.87. The maximum atomic E-state index is 10.8. The van der Waals surface area contributed by atoms with Crippen LogP contribution in [0.5, 0.6) is 0 Å². The third kappa shape index (κ3) is 9.77. The zero-order valence-electron chi connectivity index (χ0n) is 14.2. The summed E-state index contributed by atoms with van der Waals surface area (Å²) in [6.45, 7) is 4.70. The Labute approximate surface area is 140 Å². The molecule has 0 radical (unpaired) electrons. The highest BCUT2D eigenvalue weighted by atomic mass is 16.4. The van der Waals surface area contributed by atoms with Crippen molar-refractivity contribution in [2.45, 2.75) is 64.2 Å². The Morgan fingerprint density at radius 3 is 1.96 bits per heavy atom. The third-order valence-corrected chi connectivity index (χ3v) is 4.05. The van der Waals surface area contributed by atoms with Gasteiger partial charge in [0.2, 0.25) is 0 Å². The first-order valence-electron chi connectivity index (χ1n) is 8.92. The molecule has 0 heterocycles. The number of rotatable bonds is 14. The van der Waals surface area contributed by atoms with Crippen molar-refractivity contribution in [2.24, 2.45) is 0 Å². The molecule has 1 rings (SSSR count). The van der Waals surface area contributed by atoms with Crippen LogP contribution in [0, 0.1) is 0 Å². The predicted octanol–water partition coefficient (Wildman–Crippen LogP) is 5.88. The van der Waals surface area contributed by atoms with Gasteiger partial charge in [-0.05, 0) is 43.5 Å². The standard InChI is InChI=1S/C20H31NO2/c1-2-3-4-5-6-7-8-9-10-11-12-17-21-19-15-13-18(14-16-19)20(22)23/h2,13-16,21H,1,3-12,17H2,(H,22,23). The van der Waals surface area contributed by atoms with Crippen LogP contribution in [0.4, 0.5) is 5.69 Å². The van der Waals surface area contributed by atoms with Gasteiger partial charge in [-0.3, -0.25) is 0 Å². The minimum Gasteiger partial charge on any atom is -0.478 e. The number of anilines is 1. The van der Waals surface area contributed by atoms with Crippen molar-refractivity contribution in [3.63, 3.8) is 0 Å². The lowest BCUT2D eigenvalue weighted by molar-refractivity contribution is 0.0697. The van der Waals surface area contributed by atoms with Crippen LogP contribution < -0.4 is 5.32 Å². The second-order valence-corrected chi connectivity index (χ2v) is 6.07. The van der Waals surface area contributed by atoms with E-state index in [0.717, 1.165) is 18.7 Å². The van der Waals surface area contributed by atoms with Gasteiger partial charge < -0.3 is 10.4 Å². The molecular formula is C20H31NO2. The number of carboxylic acid groups (broad SMARTS) is 1. The monoisotopic (exact) mass is 317 g/mol. The number of unbranched alkanes of at least 4 members (excludes halogenated alkanes) is 9. The van der Waals surface area contributed by atoms with E-state index in [2.05, 4.69) is 11.9 Å². The summed E-state index contributed by atoms with van der Waals surface area (Å²) in [6, 6.07) is 6.94. The van der Waals surface area contributed by atoms with Crippen LogP contribution in [0.2, 0.25) is 0 Å². The van der Waals surface area contributed by atoms with Gasteiger partial charge in [0.25, 0.3) is 0 Å². The van der Waals surface area contributed by atoms with Crippen molar-refractivity contribution in [1.82, 2.24) is 0 Å². The van der Waals surface area contributed by atoms with Gasteiger partial charge in [-0.25, -0.2) is 4.79 Å². The smallest absolute Gasteiger partial charge is 0.335 e. The van der Waals surface area contributed by atoms with Crippen LogP contribution in [-0.2, 0) is 0 Å². The fourth-order valence-corrected chi connectivity index (χ4v) is 2.61. The summed E-state index contributed by atoms with van der Waals surface area (Å²) in [5.41, 5.74) is 1.33. The molecule has 3 nitrogen and oxygen atoms in total. The number of allylic oxidation sites excluding steroid dienone is 1. The zero-order chi connectivity index (χ0) is 16.8. The molecule has 0 bridgehead atoms. The molecule has 3 heteroatoms. The summed E-state index contributed by atoms with van der Waals surface area (Å²) in [5.74, 6) is -0.878. The van der Waals surface area contributed by atoms with Gasteiger partial charge in [0.15, 0.2) is 0 Å². The summed E-state index contributed by atoms with van der Waals surface area (Å²) < 4.78 is 0. The van der Waals surface area contributed by atoms with Crippen molar-refractivity contribution in [2.75, 3.05) is 11.9 Å². The Bertz CT molecular complexity index is 439. The first-order chi connectivity index (χ1) is 11.2. The molecule has 0 saturated carbocycles. The lowest BCUT2D eigenvalue weighted by Gasteiger charge is -2.06. The summed E-state index contributed by atoms with van der Waals surface area (Å²) in [4.78, 5) is 10.8. The highest BCUT2D eigenvalue weighted by Crippen LogP contribution is 2.12. The predicted molar refractivity (Wildman–Crippen MR) is 98.3 cm³/mol. The van der Waals surface area contributed by atoms with Crippen molar-refractivity contribution < 1.29 is 9.90 Å². The van der Waals surface area contributed by atoms with Gasteiger partial charge in [0.1, 0.15) is 0 Å². The average Bonchev–Trinajstić information content (AvgIpc) is 2.56. The molecule has 0 saturated heterocycles. The van der Waals surface area contributed by atoms with Crippen LogP contribution in [-0.4, -0.2) is 17.6 Å². The van der Waals surface area contributed by atoms with E-state index in [1.807, 2.05) is 18.2 Å². The van der Waals surface area contributed by atoms with Gasteiger partial charge in [-0.2, -0.15) is 0 Å². The minimum absolute atomic E-state index is 0.333. The Kier molecular flexibility index (Phi) is 10.7. The van der Waals surface area contributed by atoms with E-state index < -0.39 is 5.97 Å². The van der Waals surface area contributed by atoms with Crippen LogP contribution >= 0.6 is 0 Å². The molecule has 0 spiro atoms. The molecule has 128 valence electrons. The number of nitrogens with one attached hydrogen (secondary N) is 1. The van der Waals surface area contributed by atoms with Crippen molar-refractivity contribution in [3.8, 4) is 0 Å². The summed E-state index contributed by atoms with van der Waals surface area (Å²) in [6.07, 6.45) is 15.0. The van der Waals surface area contributed by atoms with Gasteiger partial charge in [-0.15, -0.1) is 6.58 Å². The molecular weight excluding hydrogens is 286 g/mol. The summed E-state index contributed by atoms with van der Waals surface area (Å²) in [7, 11) is 0. The number of hydrogen-bond acceptors (Lipinski definition) is 2. The molecule has 0 aliphatic rings. The molecule has 0 aliphatic heterocycles. The zero-order valence-corrected chi connectivity index (χ0v) is 14.2. The maximum Gasteiger partial charge on any atom is 0.335 e. The topological polar surface area (TPSA) is 49.3 Å². The molecule has 0 amide bonds. The van der Waals surface area contributed by atoms with E-state index in [1.54, 1.807) is 12.1 Å². The lowest BCUT2D eigenvalue weighted by atomic mass is 10.1. The van der Waals surface area contributed by atoms with Crippen molar-refractivity contribution >= 4 is 11.7 Å². The summed E-state index contributed by atoms with van der Waals surface area (Å²) in [5, 5.41) is 12.2. The SMILES string of the molecule is C=CCCCCCCCCCCCNc1ccc(C(=O)O)cc1. The first kappa shape index (κ1) is 19.3. The minimum atomic E-state index is -0.878. The lowest BCUT2D eigenvalue weighted by Crippen LogP contribution is -2.02. The molecule has 0 fully saturated rings. The number of aromatic carboxylic acids is 1. The fourth-order valence-electron chi connectivity index (χ4n) is 2.61. The molecule has 0 aliphatic carbocycles. The largest absolute Gasteiger partial charge is 0.478 e. The van der Waals surface area contributed by atoms with E-state index in [1.165, 1.54) is 57.8 Å². The molecule has 1 aromatic rings. The molecule has 1 aromatic carbocycles. The molecule has 0 aromatic heterocycles. The van der Waals surface area contributed by atoms with E-state index in [0.29, 0.717) is 5.56 Å². The van der Waals surface area contributed by atoms with Gasteiger partial charge in [0.05, 0.1) is 5.56 Å². The highest BCUT2D eigenvalue weighted by Gasteiger charge is 2.01. The van der Waals surface area contributed by atoms with Crippen LogP contribution in [0.1, 0.15) is 74.6 Å². The summed E-state index contributed by atoms with van der Waals surface area (Å²) >= 11 is 0. The van der Waals surface area contributed by atoms with Gasteiger partial charge in [0, 0.05) is 12.2 Å². The maximum absolute atomic E-state index is 10.8. The van der Waals surface area contributed by atoms with Gasteiger partial charge >= 0.3 is 5.97 Å². The first-order valence-corrected chi connectivity index (χ1v) is 8.92. The third-order valence-electron chi connectivity index (χ3n) is 4.05. The number of carbonyl (C=O) groups is 1. The van der Waals surface area contributed by atoms with E-state index in [9.17, 15) is 4.79 Å². The Balaban J connectivity index is 1.91. The second-order valence-electron chi connectivity index (χ2n) is 6.07. The quantitative estimate of drug-likeness (QED) is 0.332. The Morgan fingerprint density at radius 2 is 1.43 bits per heavy atom. The average molecular weight is 317 g/mol. The van der Waals surface area contributed by atoms with Crippen molar-refractivity contribution in [1.29, 1.82) is 0 Å². The molecule has 23 heavy (non-hydrogen) atoms. The Morgan fingerprint density at radius 1 is 0.913 bits per heavy atom. The number of benzene rings is 1. The van der Waals surface area contributed by atoms with E-state index in [4.69, 9.17) is 5.11 Å². The van der Waals surface area contributed by atoms with Crippen LogP contribution in [0.3, 0.4) is 0 Å². The fraction of sp³-hybridized carbons (Fsp3) is 0.550. The molecule has 0 unspecified atom stereocenters.